The first-order valence-corrected chi connectivity index (χ1v) is 7.52. The molecule has 0 aromatic heterocycles. The molecular formula is C17H22N2O2. The van der Waals surface area contributed by atoms with Gasteiger partial charge < -0.3 is 5.11 Å². The van der Waals surface area contributed by atoms with Gasteiger partial charge in [-0.3, -0.25) is 9.69 Å². The topological polar surface area (TPSA) is 64.3 Å². The van der Waals surface area contributed by atoms with Crippen molar-refractivity contribution in [2.45, 2.75) is 39.2 Å². The van der Waals surface area contributed by atoms with Crippen molar-refractivity contribution in [2.75, 3.05) is 13.1 Å². The summed E-state index contributed by atoms with van der Waals surface area (Å²) in [6.07, 6.45) is 3.32. The van der Waals surface area contributed by atoms with E-state index in [1.807, 2.05) is 25.1 Å². The standard InChI is InChI=1S/C17H22N2O2/c1-13-9-15(10-18)4-6-16(13)12-19-8-2-3-14(11-19)5-7-17(20)21/h4,6,9,14H,2-3,5,7-8,11-12H2,1H3,(H,20,21). The largest absolute Gasteiger partial charge is 0.481 e. The van der Waals surface area contributed by atoms with E-state index in [2.05, 4.69) is 11.0 Å². The lowest BCUT2D eigenvalue weighted by molar-refractivity contribution is -0.137. The van der Waals surface area contributed by atoms with Crippen molar-refractivity contribution in [3.8, 4) is 6.07 Å². The number of aryl methyl sites for hydroxylation is 1. The Hall–Kier alpha value is -1.86. The number of nitrogens with zero attached hydrogens (tertiary/aromatic N) is 2. The number of likely N-dealkylation sites (tertiary alicyclic amines) is 1. The van der Waals surface area contributed by atoms with E-state index < -0.39 is 5.97 Å². The second-order valence-electron chi connectivity index (χ2n) is 5.93. The van der Waals surface area contributed by atoms with Crippen molar-refractivity contribution in [1.29, 1.82) is 5.26 Å². The summed E-state index contributed by atoms with van der Waals surface area (Å²) in [5, 5.41) is 17.7. The first-order valence-electron chi connectivity index (χ1n) is 7.52. The molecule has 1 aliphatic heterocycles. The number of hydrogen-bond donors (Lipinski definition) is 1. The van der Waals surface area contributed by atoms with Crippen LogP contribution in [0.1, 0.15) is 42.4 Å². The van der Waals surface area contributed by atoms with Crippen LogP contribution in [-0.4, -0.2) is 29.1 Å². The van der Waals surface area contributed by atoms with E-state index in [9.17, 15) is 4.79 Å². The fourth-order valence-electron chi connectivity index (χ4n) is 3.04. The number of carbonyl (C=O) groups is 1. The normalized spacial score (nSPS) is 19.1. The Morgan fingerprint density at radius 2 is 2.33 bits per heavy atom. The van der Waals surface area contributed by atoms with Gasteiger partial charge in [0.05, 0.1) is 11.6 Å². The number of carboxylic acid groups (broad SMARTS) is 1. The lowest BCUT2D eigenvalue weighted by Gasteiger charge is -2.33. The average Bonchev–Trinajstić information content (AvgIpc) is 2.47. The third kappa shape index (κ3) is 4.57. The summed E-state index contributed by atoms with van der Waals surface area (Å²) in [5.41, 5.74) is 3.11. The highest BCUT2D eigenvalue weighted by Crippen LogP contribution is 2.23. The molecule has 0 bridgehead atoms. The Kier molecular flexibility index (Phi) is 5.35. The van der Waals surface area contributed by atoms with Gasteiger partial charge in [-0.05, 0) is 61.9 Å². The van der Waals surface area contributed by atoms with Gasteiger partial charge in [-0.15, -0.1) is 0 Å². The molecule has 0 radical (unpaired) electrons. The van der Waals surface area contributed by atoms with Crippen LogP contribution in [0.25, 0.3) is 0 Å². The summed E-state index contributed by atoms with van der Waals surface area (Å²) in [4.78, 5) is 13.1. The van der Waals surface area contributed by atoms with Gasteiger partial charge >= 0.3 is 5.97 Å². The first kappa shape index (κ1) is 15.5. The molecule has 4 nitrogen and oxygen atoms in total. The van der Waals surface area contributed by atoms with Crippen LogP contribution in [0.2, 0.25) is 0 Å². The Balaban J connectivity index is 1.93. The van der Waals surface area contributed by atoms with E-state index in [-0.39, 0.29) is 6.42 Å². The van der Waals surface area contributed by atoms with Gasteiger partial charge in [-0.2, -0.15) is 5.26 Å². The minimum atomic E-state index is -0.699. The second-order valence-corrected chi connectivity index (χ2v) is 5.93. The SMILES string of the molecule is Cc1cc(C#N)ccc1CN1CCCC(CCC(=O)O)C1. The first-order chi connectivity index (χ1) is 10.1. The van der Waals surface area contributed by atoms with Crippen LogP contribution < -0.4 is 0 Å². The zero-order valence-electron chi connectivity index (χ0n) is 12.5. The van der Waals surface area contributed by atoms with Crippen LogP contribution in [0.3, 0.4) is 0 Å². The van der Waals surface area contributed by atoms with Gasteiger partial charge in [-0.1, -0.05) is 6.07 Å². The number of benzene rings is 1. The van der Waals surface area contributed by atoms with Crippen molar-refractivity contribution < 1.29 is 9.90 Å². The van der Waals surface area contributed by atoms with Gasteiger partial charge in [0.2, 0.25) is 0 Å². The van der Waals surface area contributed by atoms with E-state index in [1.165, 1.54) is 5.56 Å². The molecule has 1 aliphatic rings. The highest BCUT2D eigenvalue weighted by molar-refractivity contribution is 5.66. The fourth-order valence-corrected chi connectivity index (χ4v) is 3.04. The Morgan fingerprint density at radius 1 is 1.52 bits per heavy atom. The Bertz CT molecular complexity index is 548. The summed E-state index contributed by atoms with van der Waals surface area (Å²) in [5.74, 6) is -0.205. The molecule has 21 heavy (non-hydrogen) atoms. The highest BCUT2D eigenvalue weighted by atomic mass is 16.4. The van der Waals surface area contributed by atoms with Crippen LogP contribution in [0.4, 0.5) is 0 Å². The molecule has 0 aliphatic carbocycles. The quantitative estimate of drug-likeness (QED) is 0.904. The van der Waals surface area contributed by atoms with Crippen molar-refractivity contribution in [3.63, 3.8) is 0 Å². The van der Waals surface area contributed by atoms with E-state index in [0.29, 0.717) is 11.5 Å². The zero-order valence-corrected chi connectivity index (χ0v) is 12.5. The molecule has 4 heteroatoms. The van der Waals surface area contributed by atoms with Gasteiger partial charge in [0.15, 0.2) is 0 Å². The second kappa shape index (κ2) is 7.24. The third-order valence-electron chi connectivity index (χ3n) is 4.24. The molecule has 0 amide bonds. The van der Waals surface area contributed by atoms with Gasteiger partial charge in [-0.25, -0.2) is 0 Å². The molecule has 0 saturated carbocycles. The Morgan fingerprint density at radius 3 is 3.00 bits per heavy atom. The average molecular weight is 286 g/mol. The highest BCUT2D eigenvalue weighted by Gasteiger charge is 2.20. The maximum Gasteiger partial charge on any atom is 0.303 e. The lowest BCUT2D eigenvalue weighted by Crippen LogP contribution is -2.35. The van der Waals surface area contributed by atoms with Crippen LogP contribution >= 0.6 is 0 Å². The number of nitriles is 1. The molecule has 0 spiro atoms. The summed E-state index contributed by atoms with van der Waals surface area (Å²) in [6.45, 7) is 4.98. The fraction of sp³-hybridized carbons (Fsp3) is 0.529. The summed E-state index contributed by atoms with van der Waals surface area (Å²) < 4.78 is 0. The van der Waals surface area contributed by atoms with Crippen LogP contribution in [0.5, 0.6) is 0 Å². The van der Waals surface area contributed by atoms with E-state index in [1.54, 1.807) is 0 Å². The minimum Gasteiger partial charge on any atom is -0.481 e. The van der Waals surface area contributed by atoms with Crippen molar-refractivity contribution in [2.24, 2.45) is 5.92 Å². The molecule has 112 valence electrons. The number of aliphatic carboxylic acids is 1. The molecule has 1 fully saturated rings. The van der Waals surface area contributed by atoms with Crippen LogP contribution in [0, 0.1) is 24.2 Å². The Labute approximate surface area is 126 Å². The molecule has 1 unspecified atom stereocenters. The van der Waals surface area contributed by atoms with Gasteiger partial charge in [0, 0.05) is 19.5 Å². The lowest BCUT2D eigenvalue weighted by atomic mass is 9.93. The van der Waals surface area contributed by atoms with Crippen LogP contribution in [0.15, 0.2) is 18.2 Å². The molecule has 1 saturated heterocycles. The van der Waals surface area contributed by atoms with E-state index in [4.69, 9.17) is 10.4 Å². The maximum atomic E-state index is 10.7. The predicted octanol–water partition coefficient (Wildman–Crippen LogP) is 2.94. The van der Waals surface area contributed by atoms with E-state index >= 15 is 0 Å². The molecule has 1 N–H and O–H groups in total. The number of carboxylic acids is 1. The van der Waals surface area contributed by atoms with Gasteiger partial charge in [0.1, 0.15) is 0 Å². The number of hydrogen-bond acceptors (Lipinski definition) is 3. The zero-order chi connectivity index (χ0) is 15.2. The summed E-state index contributed by atoms with van der Waals surface area (Å²) >= 11 is 0. The monoisotopic (exact) mass is 286 g/mol. The number of rotatable bonds is 5. The number of piperidine rings is 1. The molecule has 2 rings (SSSR count). The maximum absolute atomic E-state index is 10.7. The molecular weight excluding hydrogens is 264 g/mol. The molecule has 1 aromatic carbocycles. The third-order valence-corrected chi connectivity index (χ3v) is 4.24. The summed E-state index contributed by atoms with van der Waals surface area (Å²) in [7, 11) is 0. The van der Waals surface area contributed by atoms with E-state index in [0.717, 1.165) is 44.5 Å². The molecule has 1 atom stereocenters. The van der Waals surface area contributed by atoms with Crippen molar-refractivity contribution in [3.05, 3.63) is 34.9 Å². The minimum absolute atomic E-state index is 0.272. The predicted molar refractivity (Wildman–Crippen MR) is 80.8 cm³/mol. The van der Waals surface area contributed by atoms with Crippen molar-refractivity contribution in [1.82, 2.24) is 4.90 Å². The molecule has 1 heterocycles. The molecule has 1 aromatic rings. The van der Waals surface area contributed by atoms with Crippen molar-refractivity contribution >= 4 is 5.97 Å². The van der Waals surface area contributed by atoms with Crippen LogP contribution in [-0.2, 0) is 11.3 Å². The van der Waals surface area contributed by atoms with Gasteiger partial charge in [0.25, 0.3) is 0 Å². The summed E-state index contributed by atoms with van der Waals surface area (Å²) in [6, 6.07) is 8.00. The smallest absolute Gasteiger partial charge is 0.303 e.